The molecule has 0 N–H and O–H groups in total. The van der Waals surface area contributed by atoms with Crippen LogP contribution in [0.25, 0.3) is 0 Å². The van der Waals surface area contributed by atoms with E-state index >= 15 is 0 Å². The second-order valence-electron chi connectivity index (χ2n) is 0.408. The molecule has 0 saturated carbocycles. The molecule has 4 heavy (non-hydrogen) atoms. The van der Waals surface area contributed by atoms with E-state index in [-0.39, 0.29) is 12.4 Å². The molecule has 0 atom stereocenters. The highest BCUT2D eigenvalue weighted by molar-refractivity contribution is 5.85. The van der Waals surface area contributed by atoms with Crippen molar-refractivity contribution in [3.63, 3.8) is 0 Å². The van der Waals surface area contributed by atoms with Gasteiger partial charge in [0.1, 0.15) is 12.5 Å². The molecular formula is C2H3ClO. The van der Waals surface area contributed by atoms with Crippen LogP contribution in [0.2, 0.25) is 0 Å². The Morgan fingerprint density at radius 1 is 1.25 bits per heavy atom. The lowest BCUT2D eigenvalue weighted by molar-refractivity contribution is 0.541. The van der Waals surface area contributed by atoms with Gasteiger partial charge in [0.2, 0.25) is 0 Å². The Bertz CT molecular complexity index is 29.0. The molecule has 0 spiro atoms. The number of rotatable bonds is 0. The van der Waals surface area contributed by atoms with Crippen LogP contribution >= 0.6 is 12.4 Å². The first-order chi connectivity index (χ1) is 1.50. The van der Waals surface area contributed by atoms with Crippen LogP contribution in [0.15, 0.2) is 12.5 Å². The maximum Gasteiger partial charge on any atom is 0.125 e. The molecule has 0 aromatic carbocycles. The minimum atomic E-state index is 0. The third-order valence-corrected chi connectivity index (χ3v) is 0.136. The molecule has 0 amide bonds. The van der Waals surface area contributed by atoms with Crippen LogP contribution in [0, 0.1) is 0 Å². The summed E-state index contributed by atoms with van der Waals surface area (Å²) in [5, 5.41) is 0. The van der Waals surface area contributed by atoms with E-state index in [0.717, 1.165) is 0 Å². The molecule has 0 aliphatic carbocycles. The minimum Gasteiger partial charge on any atom is -0.466 e. The van der Waals surface area contributed by atoms with Crippen molar-refractivity contribution in [2.45, 2.75) is 0 Å². The fourth-order valence-electron chi connectivity index (χ4n) is 0. The summed E-state index contributed by atoms with van der Waals surface area (Å²) in [7, 11) is 0. The van der Waals surface area contributed by atoms with Gasteiger partial charge >= 0.3 is 0 Å². The van der Waals surface area contributed by atoms with Gasteiger partial charge in [-0.3, -0.25) is 0 Å². The summed E-state index contributed by atoms with van der Waals surface area (Å²) >= 11 is 0. The number of ether oxygens (including phenoxy) is 1. The average Bonchev–Trinajstić information content (AvgIpc) is 1.46. The van der Waals surface area contributed by atoms with Gasteiger partial charge in [-0.15, -0.1) is 12.4 Å². The third kappa shape index (κ3) is 1.83. The molecule has 24 valence electrons. The van der Waals surface area contributed by atoms with Crippen LogP contribution in [-0.2, 0) is 4.74 Å². The van der Waals surface area contributed by atoms with Gasteiger partial charge in [-0.05, 0) is 0 Å². The molecular weight excluding hydrogens is 75.5 g/mol. The molecule has 0 radical (unpaired) electrons. The first-order valence-corrected chi connectivity index (χ1v) is 0.805. The van der Waals surface area contributed by atoms with Crippen molar-refractivity contribution in [2.75, 3.05) is 0 Å². The van der Waals surface area contributed by atoms with Gasteiger partial charge in [-0.25, -0.2) is 0 Å². The second-order valence-corrected chi connectivity index (χ2v) is 0.408. The molecule has 1 nitrogen and oxygen atoms in total. The summed E-state index contributed by atoms with van der Waals surface area (Å²) < 4.78 is 4.25. The molecule has 1 rings (SSSR count). The average molecular weight is 78.5 g/mol. The summed E-state index contributed by atoms with van der Waals surface area (Å²) in [6.07, 6.45) is 3.25. The first-order valence-electron chi connectivity index (χ1n) is 0.805. The van der Waals surface area contributed by atoms with Crippen molar-refractivity contribution in [3.8, 4) is 0 Å². The van der Waals surface area contributed by atoms with E-state index in [9.17, 15) is 0 Å². The summed E-state index contributed by atoms with van der Waals surface area (Å²) in [6.45, 7) is 0. The maximum atomic E-state index is 4.25. The standard InChI is InChI=1S/C2H2O.ClH/c1-2-3-1;/h1-2H;1H. The summed E-state index contributed by atoms with van der Waals surface area (Å²) in [5.41, 5.74) is 0. The monoisotopic (exact) mass is 78.0 g/mol. The van der Waals surface area contributed by atoms with Crippen molar-refractivity contribution >= 4 is 12.4 Å². The van der Waals surface area contributed by atoms with E-state index < -0.39 is 0 Å². The van der Waals surface area contributed by atoms with Crippen molar-refractivity contribution in [1.29, 1.82) is 0 Å². The largest absolute Gasteiger partial charge is 0.466 e. The van der Waals surface area contributed by atoms with Crippen LogP contribution in [0.3, 0.4) is 0 Å². The van der Waals surface area contributed by atoms with E-state index in [1.807, 2.05) is 0 Å². The van der Waals surface area contributed by atoms with E-state index in [4.69, 9.17) is 0 Å². The van der Waals surface area contributed by atoms with E-state index in [1.54, 1.807) is 12.5 Å². The van der Waals surface area contributed by atoms with Gasteiger partial charge in [0.05, 0.1) is 0 Å². The number of halogens is 1. The van der Waals surface area contributed by atoms with Crippen LogP contribution < -0.4 is 0 Å². The van der Waals surface area contributed by atoms with Crippen LogP contribution in [0.5, 0.6) is 0 Å². The first kappa shape index (κ1) is 3.83. The van der Waals surface area contributed by atoms with Crippen molar-refractivity contribution < 1.29 is 4.74 Å². The van der Waals surface area contributed by atoms with Gasteiger partial charge < -0.3 is 4.74 Å². The van der Waals surface area contributed by atoms with Crippen LogP contribution in [-0.4, -0.2) is 0 Å². The van der Waals surface area contributed by atoms with E-state index in [1.165, 1.54) is 0 Å². The molecule has 0 saturated heterocycles. The molecule has 1 heterocycles. The zero-order valence-corrected chi connectivity index (χ0v) is 2.79. The molecule has 1 aliphatic rings. The molecule has 0 bridgehead atoms. The van der Waals surface area contributed by atoms with E-state index in [2.05, 4.69) is 4.74 Å². The molecule has 0 aromatic heterocycles. The van der Waals surface area contributed by atoms with Gasteiger partial charge in [-0.1, -0.05) is 0 Å². The fourth-order valence-corrected chi connectivity index (χ4v) is 0. The summed E-state index contributed by atoms with van der Waals surface area (Å²) in [6, 6.07) is 0. The zero-order valence-electron chi connectivity index (χ0n) is 1.97. The third-order valence-electron chi connectivity index (χ3n) is 0.136. The van der Waals surface area contributed by atoms with Gasteiger partial charge in [-0.2, -0.15) is 0 Å². The Hall–Kier alpha value is -0.170. The van der Waals surface area contributed by atoms with Crippen molar-refractivity contribution in [2.24, 2.45) is 0 Å². The molecule has 0 aromatic rings. The SMILES string of the molecule is C1=CO1.Cl. The number of hydrogen-bond acceptors (Lipinski definition) is 1. The Balaban J connectivity index is 0.0000000900. The zero-order chi connectivity index (χ0) is 2.12. The number of hydrogen-bond donors (Lipinski definition) is 0. The minimum absolute atomic E-state index is 0. The molecule has 0 unspecified atom stereocenters. The molecule has 1 aliphatic heterocycles. The normalized spacial score (nSPS) is 12.0. The smallest absolute Gasteiger partial charge is 0.125 e. The fraction of sp³-hybridized carbons (Fsp3) is 0. The van der Waals surface area contributed by atoms with Crippen molar-refractivity contribution in [3.05, 3.63) is 12.5 Å². The van der Waals surface area contributed by atoms with E-state index in [0.29, 0.717) is 0 Å². The highest BCUT2D eigenvalue weighted by atomic mass is 35.5. The lowest BCUT2D eigenvalue weighted by Crippen LogP contribution is -1.09. The maximum absolute atomic E-state index is 4.25. The highest BCUT2D eigenvalue weighted by Crippen LogP contribution is 1.89. The van der Waals surface area contributed by atoms with Crippen molar-refractivity contribution in [1.82, 2.24) is 0 Å². The van der Waals surface area contributed by atoms with Gasteiger partial charge in [0, 0.05) is 0 Å². The topological polar surface area (TPSA) is 12.5 Å². The van der Waals surface area contributed by atoms with Gasteiger partial charge in [0.25, 0.3) is 0 Å². The summed E-state index contributed by atoms with van der Waals surface area (Å²) in [5.74, 6) is 0. The molecule has 0 fully saturated rings. The lowest BCUT2D eigenvalue weighted by Gasteiger charge is -1.37. The Labute approximate surface area is 30.7 Å². The van der Waals surface area contributed by atoms with Crippen LogP contribution in [0.1, 0.15) is 0 Å². The molecule has 2 heteroatoms. The summed E-state index contributed by atoms with van der Waals surface area (Å²) in [4.78, 5) is 0. The Morgan fingerprint density at radius 3 is 1.50 bits per heavy atom. The second kappa shape index (κ2) is 1.18. The highest BCUT2D eigenvalue weighted by Gasteiger charge is 1.74. The van der Waals surface area contributed by atoms with Crippen LogP contribution in [0.4, 0.5) is 0 Å². The Kier molecular flexibility index (Phi) is 1.13. The predicted octanol–water partition coefficient (Wildman–Crippen LogP) is 0.910. The predicted molar refractivity (Wildman–Crippen MR) is 17.5 cm³/mol. The lowest BCUT2D eigenvalue weighted by atomic mass is 11.3. The van der Waals surface area contributed by atoms with Gasteiger partial charge in [0.15, 0.2) is 0 Å². The Morgan fingerprint density at radius 2 is 1.50 bits per heavy atom. The quantitative estimate of drug-likeness (QED) is 0.420.